The van der Waals surface area contributed by atoms with Gasteiger partial charge in [0.15, 0.2) is 11.8 Å². The molecule has 13 heavy (non-hydrogen) atoms. The molecular formula is C9H17NO3. The molecule has 1 unspecified atom stereocenters. The summed E-state index contributed by atoms with van der Waals surface area (Å²) in [4.78, 5) is 22.1. The molecule has 4 heteroatoms. The highest BCUT2D eigenvalue weighted by atomic mass is 16.4. The van der Waals surface area contributed by atoms with Gasteiger partial charge < -0.3 is 5.11 Å². The lowest BCUT2D eigenvalue weighted by Gasteiger charge is -2.17. The fourth-order valence-electron chi connectivity index (χ4n) is 0.942. The first-order valence-electron chi connectivity index (χ1n) is 4.38. The summed E-state index contributed by atoms with van der Waals surface area (Å²) < 4.78 is 0. The summed E-state index contributed by atoms with van der Waals surface area (Å²) in [5.41, 5.74) is 0. The highest BCUT2D eigenvalue weighted by molar-refractivity contribution is 6.03. The molecule has 0 bridgehead atoms. The molecule has 0 aliphatic carbocycles. The monoisotopic (exact) mass is 187 g/mol. The molecular weight excluding hydrogens is 170 g/mol. The van der Waals surface area contributed by atoms with Crippen LogP contribution in [-0.2, 0) is 9.59 Å². The molecule has 0 amide bonds. The van der Waals surface area contributed by atoms with E-state index < -0.39 is 12.0 Å². The highest BCUT2D eigenvalue weighted by Crippen LogP contribution is 2.01. The van der Waals surface area contributed by atoms with Gasteiger partial charge in [-0.3, -0.25) is 14.9 Å². The van der Waals surface area contributed by atoms with Gasteiger partial charge in [0.1, 0.15) is 0 Å². The SMILES string of the molecule is CC(C)NC(C(=O)O)C(=O)C(C)C. The third kappa shape index (κ3) is 4.03. The number of ketones is 1. The van der Waals surface area contributed by atoms with Gasteiger partial charge in [-0.15, -0.1) is 0 Å². The fourth-order valence-corrected chi connectivity index (χ4v) is 0.942. The number of carbonyl (C=O) groups is 2. The Kier molecular flexibility index (Phi) is 4.62. The average Bonchev–Trinajstić information content (AvgIpc) is 1.97. The van der Waals surface area contributed by atoms with Gasteiger partial charge in [-0.25, -0.2) is 0 Å². The number of hydrogen-bond donors (Lipinski definition) is 2. The summed E-state index contributed by atoms with van der Waals surface area (Å²) in [7, 11) is 0. The van der Waals surface area contributed by atoms with E-state index in [1.165, 1.54) is 0 Å². The van der Waals surface area contributed by atoms with Crippen LogP contribution < -0.4 is 5.32 Å². The summed E-state index contributed by atoms with van der Waals surface area (Å²) in [5, 5.41) is 11.5. The van der Waals surface area contributed by atoms with Crippen LogP contribution in [0.5, 0.6) is 0 Å². The first kappa shape index (κ1) is 12.1. The zero-order chi connectivity index (χ0) is 10.6. The van der Waals surface area contributed by atoms with E-state index in [0.717, 1.165) is 0 Å². The minimum absolute atomic E-state index is 0.0104. The van der Waals surface area contributed by atoms with E-state index in [4.69, 9.17) is 5.11 Å². The summed E-state index contributed by atoms with van der Waals surface area (Å²) in [5.74, 6) is -1.64. The predicted molar refractivity (Wildman–Crippen MR) is 49.5 cm³/mol. The molecule has 2 N–H and O–H groups in total. The van der Waals surface area contributed by atoms with Gasteiger partial charge in [0, 0.05) is 12.0 Å². The van der Waals surface area contributed by atoms with Gasteiger partial charge in [0.25, 0.3) is 0 Å². The smallest absolute Gasteiger partial charge is 0.328 e. The molecule has 0 spiro atoms. The Morgan fingerprint density at radius 2 is 1.62 bits per heavy atom. The molecule has 0 aromatic carbocycles. The quantitative estimate of drug-likeness (QED) is 0.620. The van der Waals surface area contributed by atoms with Gasteiger partial charge in [0.2, 0.25) is 0 Å². The molecule has 0 aromatic rings. The highest BCUT2D eigenvalue weighted by Gasteiger charge is 2.27. The number of nitrogens with one attached hydrogen (secondary N) is 1. The van der Waals surface area contributed by atoms with E-state index in [1.54, 1.807) is 13.8 Å². The van der Waals surface area contributed by atoms with Crippen LogP contribution >= 0.6 is 0 Å². The Morgan fingerprint density at radius 3 is 1.85 bits per heavy atom. The molecule has 0 heterocycles. The van der Waals surface area contributed by atoms with Gasteiger partial charge in [-0.1, -0.05) is 13.8 Å². The van der Waals surface area contributed by atoms with Crippen molar-refractivity contribution in [2.24, 2.45) is 5.92 Å². The molecule has 76 valence electrons. The van der Waals surface area contributed by atoms with E-state index >= 15 is 0 Å². The second kappa shape index (κ2) is 4.97. The number of rotatable bonds is 5. The van der Waals surface area contributed by atoms with Crippen LogP contribution in [0.4, 0.5) is 0 Å². The van der Waals surface area contributed by atoms with E-state index in [0.29, 0.717) is 0 Å². The van der Waals surface area contributed by atoms with E-state index in [-0.39, 0.29) is 17.7 Å². The maximum Gasteiger partial charge on any atom is 0.328 e. The Morgan fingerprint density at radius 1 is 1.15 bits per heavy atom. The Labute approximate surface area is 78.3 Å². The van der Waals surface area contributed by atoms with Crippen LogP contribution in [0, 0.1) is 5.92 Å². The summed E-state index contributed by atoms with van der Waals surface area (Å²) in [6.07, 6.45) is 0. The molecule has 0 aliphatic rings. The zero-order valence-electron chi connectivity index (χ0n) is 8.50. The Bertz CT molecular complexity index is 199. The minimum atomic E-state index is -1.10. The van der Waals surface area contributed by atoms with Crippen molar-refractivity contribution < 1.29 is 14.7 Å². The van der Waals surface area contributed by atoms with E-state index in [1.807, 2.05) is 13.8 Å². The van der Waals surface area contributed by atoms with E-state index in [2.05, 4.69) is 5.32 Å². The van der Waals surface area contributed by atoms with Crippen LogP contribution in [0.15, 0.2) is 0 Å². The van der Waals surface area contributed by atoms with Crippen LogP contribution in [0.1, 0.15) is 27.7 Å². The first-order chi connectivity index (χ1) is 5.86. The molecule has 1 atom stereocenters. The van der Waals surface area contributed by atoms with Gasteiger partial charge >= 0.3 is 5.97 Å². The van der Waals surface area contributed by atoms with Crippen molar-refractivity contribution >= 4 is 11.8 Å². The molecule has 0 fully saturated rings. The lowest BCUT2D eigenvalue weighted by atomic mass is 10.0. The molecule has 4 nitrogen and oxygen atoms in total. The number of carbonyl (C=O) groups excluding carboxylic acids is 1. The normalized spacial score (nSPS) is 13.4. The van der Waals surface area contributed by atoms with Crippen molar-refractivity contribution in [1.29, 1.82) is 0 Å². The topological polar surface area (TPSA) is 66.4 Å². The van der Waals surface area contributed by atoms with Gasteiger partial charge in [-0.05, 0) is 13.8 Å². The van der Waals surface area contributed by atoms with Crippen molar-refractivity contribution in [2.45, 2.75) is 39.8 Å². The van der Waals surface area contributed by atoms with E-state index in [9.17, 15) is 9.59 Å². The zero-order valence-corrected chi connectivity index (χ0v) is 8.50. The maximum absolute atomic E-state index is 11.4. The van der Waals surface area contributed by atoms with Crippen molar-refractivity contribution in [1.82, 2.24) is 5.32 Å². The molecule has 0 aliphatic heterocycles. The van der Waals surface area contributed by atoms with Crippen molar-refractivity contribution in [3.63, 3.8) is 0 Å². The molecule has 0 radical (unpaired) electrons. The molecule has 0 saturated heterocycles. The number of Topliss-reactive ketones (excluding diaryl/α,β-unsaturated/α-hetero) is 1. The third-order valence-electron chi connectivity index (χ3n) is 1.60. The second-order valence-electron chi connectivity index (χ2n) is 3.65. The second-order valence-corrected chi connectivity index (χ2v) is 3.65. The van der Waals surface area contributed by atoms with Crippen LogP contribution in [0.3, 0.4) is 0 Å². The van der Waals surface area contributed by atoms with Crippen molar-refractivity contribution in [3.8, 4) is 0 Å². The first-order valence-corrected chi connectivity index (χ1v) is 4.38. The lowest BCUT2D eigenvalue weighted by Crippen LogP contribution is -2.48. The number of aliphatic carboxylic acids is 1. The fraction of sp³-hybridized carbons (Fsp3) is 0.778. The van der Waals surface area contributed by atoms with Crippen molar-refractivity contribution in [2.75, 3.05) is 0 Å². The maximum atomic E-state index is 11.4. The lowest BCUT2D eigenvalue weighted by molar-refractivity contribution is -0.144. The number of hydrogen-bond acceptors (Lipinski definition) is 3. The third-order valence-corrected chi connectivity index (χ3v) is 1.60. The Hall–Kier alpha value is -0.900. The Balaban J connectivity index is 4.43. The molecule has 0 rings (SSSR count). The largest absolute Gasteiger partial charge is 0.480 e. The van der Waals surface area contributed by atoms with Crippen molar-refractivity contribution in [3.05, 3.63) is 0 Å². The number of carboxylic acid groups (broad SMARTS) is 1. The summed E-state index contributed by atoms with van der Waals surface area (Å²) in [6.45, 7) is 7.01. The van der Waals surface area contributed by atoms with Crippen LogP contribution in [0.2, 0.25) is 0 Å². The van der Waals surface area contributed by atoms with Crippen LogP contribution in [-0.4, -0.2) is 28.9 Å². The van der Waals surface area contributed by atoms with Gasteiger partial charge in [-0.2, -0.15) is 0 Å². The summed E-state index contributed by atoms with van der Waals surface area (Å²) in [6, 6.07) is -1.08. The number of carboxylic acids is 1. The molecule has 0 saturated carbocycles. The average molecular weight is 187 g/mol. The predicted octanol–water partition coefficient (Wildman–Crippen LogP) is 0.663. The minimum Gasteiger partial charge on any atom is -0.480 e. The van der Waals surface area contributed by atoms with Crippen LogP contribution in [0.25, 0.3) is 0 Å². The summed E-state index contributed by atoms with van der Waals surface area (Å²) >= 11 is 0. The van der Waals surface area contributed by atoms with Gasteiger partial charge in [0.05, 0.1) is 0 Å². The standard InChI is InChI=1S/C9H17NO3/c1-5(2)8(11)7(9(12)13)10-6(3)4/h5-7,10H,1-4H3,(H,12,13). The molecule has 0 aromatic heterocycles.